The summed E-state index contributed by atoms with van der Waals surface area (Å²) in [5, 5.41) is 0. The molecule has 1 aromatic carbocycles. The zero-order valence-corrected chi connectivity index (χ0v) is 13.2. The van der Waals surface area contributed by atoms with Crippen molar-refractivity contribution in [1.29, 1.82) is 0 Å². The van der Waals surface area contributed by atoms with Crippen molar-refractivity contribution in [3.05, 3.63) is 44.9 Å². The molecular formula is C16H21N3OS. The number of hydrogen-bond acceptors (Lipinski definition) is 4. The Hall–Kier alpha value is -1.43. The van der Waals surface area contributed by atoms with E-state index in [4.69, 9.17) is 0 Å². The lowest BCUT2D eigenvalue weighted by Crippen LogP contribution is -2.45. The van der Waals surface area contributed by atoms with E-state index in [-0.39, 0.29) is 4.87 Å². The molecule has 1 aliphatic rings. The number of H-pyrrole nitrogens is 1. The molecule has 0 saturated carbocycles. The van der Waals surface area contributed by atoms with E-state index in [2.05, 4.69) is 33.8 Å². The van der Waals surface area contributed by atoms with Crippen LogP contribution in [-0.4, -0.2) is 47.5 Å². The van der Waals surface area contributed by atoms with Crippen LogP contribution < -0.4 is 4.87 Å². The van der Waals surface area contributed by atoms with Gasteiger partial charge in [0.1, 0.15) is 0 Å². The Balaban J connectivity index is 1.76. The molecule has 0 atom stereocenters. The Morgan fingerprint density at radius 2 is 1.76 bits per heavy atom. The van der Waals surface area contributed by atoms with Gasteiger partial charge in [-0.15, -0.1) is 0 Å². The van der Waals surface area contributed by atoms with E-state index in [1.54, 1.807) is 0 Å². The van der Waals surface area contributed by atoms with Crippen molar-refractivity contribution >= 4 is 11.3 Å². The number of likely N-dealkylation sites (N-methyl/N-ethyl adjacent to an activating group) is 1. The number of nitrogens with one attached hydrogen (secondary N) is 1. The topological polar surface area (TPSA) is 39.3 Å². The van der Waals surface area contributed by atoms with Crippen LogP contribution in [0.2, 0.25) is 0 Å². The highest BCUT2D eigenvalue weighted by molar-refractivity contribution is 7.09. The number of aromatic amines is 1. The van der Waals surface area contributed by atoms with Gasteiger partial charge < -0.3 is 9.88 Å². The minimum atomic E-state index is 0.0380. The summed E-state index contributed by atoms with van der Waals surface area (Å²) in [6.45, 7) is 8.60. The second-order valence-corrected chi connectivity index (χ2v) is 6.46. The van der Waals surface area contributed by atoms with Gasteiger partial charge in [0.05, 0.1) is 5.69 Å². The molecule has 5 heteroatoms. The van der Waals surface area contributed by atoms with Gasteiger partial charge in [0.2, 0.25) is 0 Å². The molecule has 21 heavy (non-hydrogen) atoms. The largest absolute Gasteiger partial charge is 0.312 e. The first-order valence-corrected chi connectivity index (χ1v) is 8.30. The minimum Gasteiger partial charge on any atom is -0.312 e. The Bertz CT molecular complexity index is 626. The monoisotopic (exact) mass is 303 g/mol. The molecule has 1 saturated heterocycles. The smallest absolute Gasteiger partial charge is 0.305 e. The maximum absolute atomic E-state index is 11.8. The number of nitrogens with zero attached hydrogens (tertiary/aromatic N) is 2. The van der Waals surface area contributed by atoms with E-state index in [1.807, 2.05) is 18.2 Å². The summed E-state index contributed by atoms with van der Waals surface area (Å²) in [7, 11) is 0. The van der Waals surface area contributed by atoms with Crippen molar-refractivity contribution in [1.82, 2.24) is 14.8 Å². The molecule has 0 radical (unpaired) electrons. The highest BCUT2D eigenvalue weighted by atomic mass is 32.1. The van der Waals surface area contributed by atoms with Gasteiger partial charge in [-0.1, -0.05) is 48.6 Å². The summed E-state index contributed by atoms with van der Waals surface area (Å²) in [6.07, 6.45) is 0. The lowest BCUT2D eigenvalue weighted by molar-refractivity contribution is 0.133. The fourth-order valence-electron chi connectivity index (χ4n) is 2.78. The Morgan fingerprint density at radius 3 is 2.43 bits per heavy atom. The predicted molar refractivity (Wildman–Crippen MR) is 87.8 cm³/mol. The van der Waals surface area contributed by atoms with E-state index in [1.165, 1.54) is 11.3 Å². The summed E-state index contributed by atoms with van der Waals surface area (Å²) in [6, 6.07) is 10.1. The van der Waals surface area contributed by atoms with Crippen molar-refractivity contribution in [2.24, 2.45) is 0 Å². The molecule has 1 aromatic heterocycles. The van der Waals surface area contributed by atoms with E-state index in [0.29, 0.717) is 0 Å². The summed E-state index contributed by atoms with van der Waals surface area (Å²) in [5.74, 6) is 0. The highest BCUT2D eigenvalue weighted by Gasteiger charge is 2.18. The van der Waals surface area contributed by atoms with E-state index in [9.17, 15) is 4.79 Å². The van der Waals surface area contributed by atoms with Crippen LogP contribution in [0.15, 0.2) is 35.1 Å². The quantitative estimate of drug-likeness (QED) is 0.941. The fraction of sp³-hybridized carbons (Fsp3) is 0.438. The van der Waals surface area contributed by atoms with Crippen LogP contribution in [0.3, 0.4) is 0 Å². The van der Waals surface area contributed by atoms with Crippen LogP contribution in [0, 0.1) is 0 Å². The normalized spacial score (nSPS) is 17.2. The number of benzene rings is 1. The third-order valence-corrected chi connectivity index (χ3v) is 4.93. The molecule has 0 spiro atoms. The van der Waals surface area contributed by atoms with E-state index < -0.39 is 0 Å². The van der Waals surface area contributed by atoms with Crippen LogP contribution in [0.4, 0.5) is 0 Å². The molecule has 1 aliphatic heterocycles. The van der Waals surface area contributed by atoms with Gasteiger partial charge in [0, 0.05) is 37.6 Å². The van der Waals surface area contributed by atoms with Gasteiger partial charge in [0.25, 0.3) is 0 Å². The Labute approximate surface area is 129 Å². The molecule has 0 unspecified atom stereocenters. The minimum absolute atomic E-state index is 0.0380. The first kappa shape index (κ1) is 14.5. The standard InChI is InChI=1S/C16H21N3OS/c1-2-18-8-10-19(11-9-18)12-14-15(17-16(20)21-14)13-6-4-3-5-7-13/h3-7H,2,8-12H2,1H3,(H,17,20). The third kappa shape index (κ3) is 3.43. The molecule has 2 aromatic rings. The van der Waals surface area contributed by atoms with Crippen molar-refractivity contribution in [3.8, 4) is 11.3 Å². The van der Waals surface area contributed by atoms with Crippen LogP contribution in [0.25, 0.3) is 11.3 Å². The predicted octanol–water partition coefficient (Wildman–Crippen LogP) is 2.24. The lowest BCUT2D eigenvalue weighted by atomic mass is 10.1. The zero-order chi connectivity index (χ0) is 14.7. The molecule has 3 rings (SSSR count). The van der Waals surface area contributed by atoms with Crippen LogP contribution in [0.1, 0.15) is 11.8 Å². The van der Waals surface area contributed by atoms with Crippen LogP contribution >= 0.6 is 11.3 Å². The number of aromatic nitrogens is 1. The first-order chi connectivity index (χ1) is 10.3. The van der Waals surface area contributed by atoms with Gasteiger partial charge in [-0.3, -0.25) is 9.69 Å². The molecule has 0 amide bonds. The molecule has 1 fully saturated rings. The van der Waals surface area contributed by atoms with Crippen molar-refractivity contribution in [3.63, 3.8) is 0 Å². The molecular weight excluding hydrogens is 282 g/mol. The first-order valence-electron chi connectivity index (χ1n) is 7.48. The van der Waals surface area contributed by atoms with E-state index >= 15 is 0 Å². The Morgan fingerprint density at radius 1 is 1.10 bits per heavy atom. The molecule has 1 N–H and O–H groups in total. The maximum Gasteiger partial charge on any atom is 0.305 e. The Kier molecular flexibility index (Phi) is 4.53. The number of rotatable bonds is 4. The highest BCUT2D eigenvalue weighted by Crippen LogP contribution is 2.24. The molecule has 4 nitrogen and oxygen atoms in total. The number of hydrogen-bond donors (Lipinski definition) is 1. The van der Waals surface area contributed by atoms with Crippen molar-refractivity contribution in [2.75, 3.05) is 32.7 Å². The van der Waals surface area contributed by atoms with Crippen molar-refractivity contribution < 1.29 is 0 Å². The molecule has 0 aliphatic carbocycles. The van der Waals surface area contributed by atoms with E-state index in [0.717, 1.165) is 55.4 Å². The van der Waals surface area contributed by atoms with Crippen molar-refractivity contribution in [2.45, 2.75) is 13.5 Å². The summed E-state index contributed by atoms with van der Waals surface area (Å²) >= 11 is 1.34. The van der Waals surface area contributed by atoms with Crippen LogP contribution in [-0.2, 0) is 6.54 Å². The second-order valence-electron chi connectivity index (χ2n) is 5.39. The van der Waals surface area contributed by atoms with Crippen LogP contribution in [0.5, 0.6) is 0 Å². The number of piperazine rings is 1. The molecule has 112 valence electrons. The number of thiazole rings is 1. The van der Waals surface area contributed by atoms with Gasteiger partial charge in [0.15, 0.2) is 0 Å². The third-order valence-electron chi connectivity index (χ3n) is 4.06. The maximum atomic E-state index is 11.8. The fourth-order valence-corrected chi connectivity index (χ4v) is 3.67. The molecule has 0 bridgehead atoms. The summed E-state index contributed by atoms with van der Waals surface area (Å²) in [4.78, 5) is 20.9. The van der Waals surface area contributed by atoms with Gasteiger partial charge >= 0.3 is 4.87 Å². The lowest BCUT2D eigenvalue weighted by Gasteiger charge is -2.33. The zero-order valence-electron chi connectivity index (χ0n) is 12.3. The van der Waals surface area contributed by atoms with Gasteiger partial charge in [-0.2, -0.15) is 0 Å². The van der Waals surface area contributed by atoms with Gasteiger partial charge in [-0.05, 0) is 12.1 Å². The molecule has 2 heterocycles. The second kappa shape index (κ2) is 6.56. The average molecular weight is 303 g/mol. The SMILES string of the molecule is CCN1CCN(Cc2sc(=O)[nH]c2-c2ccccc2)CC1. The average Bonchev–Trinajstić information content (AvgIpc) is 2.89. The summed E-state index contributed by atoms with van der Waals surface area (Å²) in [5.41, 5.74) is 2.08. The van der Waals surface area contributed by atoms with Gasteiger partial charge in [-0.25, -0.2) is 0 Å². The summed E-state index contributed by atoms with van der Waals surface area (Å²) < 4.78 is 0.